The molecule has 5 nitrogen and oxygen atoms in total. The highest BCUT2D eigenvalue weighted by atomic mass is 16.1. The Hall–Kier alpha value is -2.69. The summed E-state index contributed by atoms with van der Waals surface area (Å²) in [6, 6.07) is 9.46. The molecule has 0 spiro atoms. The van der Waals surface area contributed by atoms with E-state index < -0.39 is 0 Å². The van der Waals surface area contributed by atoms with Crippen LogP contribution < -0.4 is 5.32 Å². The Bertz CT molecular complexity index is 721. The highest BCUT2D eigenvalue weighted by Crippen LogP contribution is 2.16. The Balaban J connectivity index is 1.61. The van der Waals surface area contributed by atoms with E-state index in [0.29, 0.717) is 12.8 Å². The number of aryl methyl sites for hydroxylation is 1. The normalized spacial score (nSPS) is 10.6. The van der Waals surface area contributed by atoms with Crippen molar-refractivity contribution in [2.24, 2.45) is 0 Å². The van der Waals surface area contributed by atoms with Crippen LogP contribution in [0.2, 0.25) is 0 Å². The molecule has 0 aliphatic heterocycles. The standard InChI is InChI=1S/C15H14N4O/c20-15(4-1-11-5-7-16-8-6-11)19-12-2-3-13-14(9-12)18-10-17-13/h2-3,5-10H,1,4H2,(H,17,18)(H,19,20). The molecule has 0 saturated heterocycles. The second kappa shape index (κ2) is 5.52. The van der Waals surface area contributed by atoms with E-state index >= 15 is 0 Å². The van der Waals surface area contributed by atoms with Gasteiger partial charge in [-0.25, -0.2) is 4.98 Å². The minimum atomic E-state index is 0.000627. The average Bonchev–Trinajstić information content (AvgIpc) is 2.94. The Kier molecular flexibility index (Phi) is 3.41. The molecule has 0 saturated carbocycles. The number of carbonyl (C=O) groups excluding carboxylic acids is 1. The number of benzene rings is 1. The zero-order valence-corrected chi connectivity index (χ0v) is 10.8. The Labute approximate surface area is 116 Å². The van der Waals surface area contributed by atoms with Gasteiger partial charge in [-0.3, -0.25) is 9.78 Å². The SMILES string of the molecule is O=C(CCc1ccncc1)Nc1ccc2nc[nH]c2c1. The fraction of sp³-hybridized carbons (Fsp3) is 0.133. The monoisotopic (exact) mass is 266 g/mol. The zero-order chi connectivity index (χ0) is 13.8. The smallest absolute Gasteiger partial charge is 0.224 e. The topological polar surface area (TPSA) is 70.7 Å². The predicted molar refractivity (Wildman–Crippen MR) is 77.3 cm³/mol. The van der Waals surface area contributed by atoms with Crippen LogP contribution in [0.5, 0.6) is 0 Å². The summed E-state index contributed by atoms with van der Waals surface area (Å²) < 4.78 is 0. The van der Waals surface area contributed by atoms with Crippen molar-refractivity contribution in [3.63, 3.8) is 0 Å². The number of aromatic nitrogens is 3. The lowest BCUT2D eigenvalue weighted by Gasteiger charge is -2.05. The number of nitrogens with zero attached hydrogens (tertiary/aromatic N) is 2. The van der Waals surface area contributed by atoms with E-state index in [0.717, 1.165) is 22.3 Å². The fourth-order valence-corrected chi connectivity index (χ4v) is 2.04. The number of hydrogen-bond donors (Lipinski definition) is 2. The van der Waals surface area contributed by atoms with Crippen molar-refractivity contribution >= 4 is 22.6 Å². The van der Waals surface area contributed by atoms with E-state index in [9.17, 15) is 4.79 Å². The molecule has 1 aromatic carbocycles. The van der Waals surface area contributed by atoms with Gasteiger partial charge in [0.05, 0.1) is 17.4 Å². The van der Waals surface area contributed by atoms with Crippen LogP contribution in [0.1, 0.15) is 12.0 Å². The van der Waals surface area contributed by atoms with Gasteiger partial charge in [0.2, 0.25) is 5.91 Å². The summed E-state index contributed by atoms with van der Waals surface area (Å²) in [5.74, 6) is 0.000627. The summed E-state index contributed by atoms with van der Waals surface area (Å²) in [6.07, 6.45) is 6.27. The van der Waals surface area contributed by atoms with Crippen molar-refractivity contribution in [2.45, 2.75) is 12.8 Å². The molecule has 20 heavy (non-hydrogen) atoms. The maximum atomic E-state index is 11.9. The molecule has 3 aromatic rings. The number of hydrogen-bond acceptors (Lipinski definition) is 3. The summed E-state index contributed by atoms with van der Waals surface area (Å²) in [4.78, 5) is 23.0. The third kappa shape index (κ3) is 2.83. The minimum Gasteiger partial charge on any atom is -0.345 e. The molecule has 0 aliphatic carbocycles. The van der Waals surface area contributed by atoms with E-state index in [-0.39, 0.29) is 5.91 Å². The predicted octanol–water partition coefficient (Wildman–Crippen LogP) is 2.53. The molecule has 1 amide bonds. The van der Waals surface area contributed by atoms with Gasteiger partial charge in [0.1, 0.15) is 0 Å². The highest BCUT2D eigenvalue weighted by Gasteiger charge is 2.04. The Morgan fingerprint density at radius 2 is 2.05 bits per heavy atom. The van der Waals surface area contributed by atoms with Crippen LogP contribution in [0, 0.1) is 0 Å². The summed E-state index contributed by atoms with van der Waals surface area (Å²) in [7, 11) is 0. The van der Waals surface area contributed by atoms with E-state index in [4.69, 9.17) is 0 Å². The van der Waals surface area contributed by atoms with Gasteiger partial charge in [-0.05, 0) is 42.3 Å². The number of pyridine rings is 1. The van der Waals surface area contributed by atoms with Gasteiger partial charge in [0, 0.05) is 24.5 Å². The average molecular weight is 266 g/mol. The van der Waals surface area contributed by atoms with Gasteiger partial charge in [0.15, 0.2) is 0 Å². The van der Waals surface area contributed by atoms with Gasteiger partial charge < -0.3 is 10.3 Å². The fourth-order valence-electron chi connectivity index (χ4n) is 2.04. The Morgan fingerprint density at radius 3 is 2.90 bits per heavy atom. The Morgan fingerprint density at radius 1 is 1.20 bits per heavy atom. The summed E-state index contributed by atoms with van der Waals surface area (Å²) in [5, 5.41) is 2.89. The van der Waals surface area contributed by atoms with Crippen molar-refractivity contribution in [1.82, 2.24) is 15.0 Å². The first-order valence-electron chi connectivity index (χ1n) is 6.43. The number of anilines is 1. The van der Waals surface area contributed by atoms with E-state index in [1.54, 1.807) is 18.7 Å². The molecule has 0 aliphatic rings. The molecular weight excluding hydrogens is 252 g/mol. The first-order chi connectivity index (χ1) is 9.81. The van der Waals surface area contributed by atoms with Crippen LogP contribution in [-0.2, 0) is 11.2 Å². The molecule has 2 heterocycles. The first-order valence-corrected chi connectivity index (χ1v) is 6.43. The van der Waals surface area contributed by atoms with Crippen molar-refractivity contribution in [3.8, 4) is 0 Å². The summed E-state index contributed by atoms with van der Waals surface area (Å²) in [6.45, 7) is 0. The third-order valence-corrected chi connectivity index (χ3v) is 3.09. The zero-order valence-electron chi connectivity index (χ0n) is 10.8. The maximum Gasteiger partial charge on any atom is 0.224 e. The lowest BCUT2D eigenvalue weighted by molar-refractivity contribution is -0.116. The molecule has 2 aromatic heterocycles. The molecular formula is C15H14N4O. The lowest BCUT2D eigenvalue weighted by Crippen LogP contribution is -2.12. The molecule has 2 N–H and O–H groups in total. The number of nitrogens with one attached hydrogen (secondary N) is 2. The highest BCUT2D eigenvalue weighted by molar-refractivity contribution is 5.93. The van der Waals surface area contributed by atoms with Crippen LogP contribution in [-0.4, -0.2) is 20.9 Å². The van der Waals surface area contributed by atoms with Crippen molar-refractivity contribution in [3.05, 3.63) is 54.6 Å². The first kappa shape index (κ1) is 12.3. The van der Waals surface area contributed by atoms with Gasteiger partial charge >= 0.3 is 0 Å². The number of rotatable bonds is 4. The van der Waals surface area contributed by atoms with E-state index in [1.807, 2.05) is 30.3 Å². The van der Waals surface area contributed by atoms with Crippen LogP contribution >= 0.6 is 0 Å². The molecule has 0 bridgehead atoms. The van der Waals surface area contributed by atoms with Crippen LogP contribution in [0.3, 0.4) is 0 Å². The molecule has 3 rings (SSSR count). The third-order valence-electron chi connectivity index (χ3n) is 3.09. The lowest BCUT2D eigenvalue weighted by atomic mass is 10.1. The van der Waals surface area contributed by atoms with Crippen LogP contribution in [0.4, 0.5) is 5.69 Å². The minimum absolute atomic E-state index is 0.000627. The van der Waals surface area contributed by atoms with Gasteiger partial charge in [-0.2, -0.15) is 0 Å². The van der Waals surface area contributed by atoms with Crippen molar-refractivity contribution < 1.29 is 4.79 Å². The largest absolute Gasteiger partial charge is 0.345 e. The number of fused-ring (bicyclic) bond motifs is 1. The van der Waals surface area contributed by atoms with Crippen molar-refractivity contribution in [2.75, 3.05) is 5.32 Å². The summed E-state index contributed by atoms with van der Waals surface area (Å²) in [5.41, 5.74) is 3.69. The van der Waals surface area contributed by atoms with Gasteiger partial charge in [-0.15, -0.1) is 0 Å². The number of imidazole rings is 1. The molecule has 0 radical (unpaired) electrons. The van der Waals surface area contributed by atoms with Crippen LogP contribution in [0.25, 0.3) is 11.0 Å². The van der Waals surface area contributed by atoms with E-state index in [2.05, 4.69) is 20.3 Å². The number of carbonyl (C=O) groups is 1. The summed E-state index contributed by atoms with van der Waals surface area (Å²) >= 11 is 0. The second-order valence-corrected chi connectivity index (χ2v) is 4.54. The maximum absolute atomic E-state index is 11.9. The van der Waals surface area contributed by atoms with E-state index in [1.165, 1.54) is 0 Å². The second-order valence-electron chi connectivity index (χ2n) is 4.54. The van der Waals surface area contributed by atoms with Gasteiger partial charge in [-0.1, -0.05) is 0 Å². The molecule has 100 valence electrons. The number of amides is 1. The number of H-pyrrole nitrogens is 1. The van der Waals surface area contributed by atoms with Crippen molar-refractivity contribution in [1.29, 1.82) is 0 Å². The molecule has 0 unspecified atom stereocenters. The quantitative estimate of drug-likeness (QED) is 0.762. The molecule has 5 heteroatoms. The van der Waals surface area contributed by atoms with Crippen LogP contribution in [0.15, 0.2) is 49.1 Å². The molecule has 0 atom stereocenters. The number of aromatic amines is 1. The molecule has 0 fully saturated rings. The van der Waals surface area contributed by atoms with Gasteiger partial charge in [0.25, 0.3) is 0 Å².